The first-order valence-electron chi connectivity index (χ1n) is 3.90. The zero-order chi connectivity index (χ0) is 9.10. The highest BCUT2D eigenvalue weighted by atomic mass is 79.9. The number of aromatic nitrogens is 1. The van der Waals surface area contributed by atoms with Crippen molar-refractivity contribution < 1.29 is 0 Å². The van der Waals surface area contributed by atoms with Crippen LogP contribution in [0.5, 0.6) is 0 Å². The molecule has 0 saturated heterocycles. The van der Waals surface area contributed by atoms with Crippen molar-refractivity contribution >= 4 is 38.6 Å². The van der Waals surface area contributed by atoms with Crippen LogP contribution >= 0.6 is 38.6 Å². The van der Waals surface area contributed by atoms with Crippen molar-refractivity contribution in [2.45, 2.75) is 11.2 Å². The maximum absolute atomic E-state index is 4.06. The smallest absolute Gasteiger partial charge is 0.0794 e. The molecule has 0 saturated carbocycles. The molecule has 1 atom stereocenters. The number of halogens is 1. The van der Waals surface area contributed by atoms with Crippen molar-refractivity contribution in [3.63, 3.8) is 0 Å². The molecule has 13 heavy (non-hydrogen) atoms. The van der Waals surface area contributed by atoms with E-state index >= 15 is 0 Å². The fraction of sp³-hybridized carbons (Fsp3) is 0.222. The van der Waals surface area contributed by atoms with Crippen LogP contribution < -0.4 is 0 Å². The molecule has 1 unspecified atom stereocenters. The largest absolute Gasteiger partial charge is 0.253 e. The van der Waals surface area contributed by atoms with Gasteiger partial charge in [-0.2, -0.15) is 11.3 Å². The summed E-state index contributed by atoms with van der Waals surface area (Å²) in [6.07, 6.45) is 2.97. The Balaban J connectivity index is 2.04. The molecular formula is C9H8BrNS2. The van der Waals surface area contributed by atoms with Crippen molar-refractivity contribution in [3.8, 4) is 0 Å². The summed E-state index contributed by atoms with van der Waals surface area (Å²) in [4.78, 5) is 5.77. The molecule has 0 aliphatic rings. The monoisotopic (exact) mass is 273 g/mol. The van der Waals surface area contributed by atoms with Crippen LogP contribution in [0.4, 0.5) is 0 Å². The Morgan fingerprint density at radius 3 is 3.08 bits per heavy atom. The fourth-order valence-electron chi connectivity index (χ4n) is 1.10. The van der Waals surface area contributed by atoms with Gasteiger partial charge in [0.15, 0.2) is 0 Å². The van der Waals surface area contributed by atoms with E-state index in [4.69, 9.17) is 0 Å². The average molecular weight is 274 g/mol. The Hall–Kier alpha value is -0.190. The molecule has 1 nitrogen and oxygen atoms in total. The zero-order valence-corrected chi connectivity index (χ0v) is 10.0. The Morgan fingerprint density at radius 1 is 1.54 bits per heavy atom. The topological polar surface area (TPSA) is 12.9 Å². The van der Waals surface area contributed by atoms with Gasteiger partial charge in [-0.15, -0.1) is 11.3 Å². The third-order valence-electron chi connectivity index (χ3n) is 1.76. The van der Waals surface area contributed by atoms with Gasteiger partial charge in [0.25, 0.3) is 0 Å². The summed E-state index contributed by atoms with van der Waals surface area (Å²) in [6.45, 7) is 0. The lowest BCUT2D eigenvalue weighted by molar-refractivity contribution is 0.971. The van der Waals surface area contributed by atoms with Crippen molar-refractivity contribution in [1.29, 1.82) is 0 Å². The van der Waals surface area contributed by atoms with Crippen LogP contribution in [0.3, 0.4) is 0 Å². The summed E-state index contributed by atoms with van der Waals surface area (Å²) in [6, 6.07) is 2.17. The second-order valence-electron chi connectivity index (χ2n) is 2.71. The van der Waals surface area contributed by atoms with Crippen LogP contribution in [0.2, 0.25) is 0 Å². The Bertz CT molecular complexity index is 342. The number of nitrogens with zero attached hydrogens (tertiary/aromatic N) is 1. The molecule has 2 heterocycles. The summed E-state index contributed by atoms with van der Waals surface area (Å²) in [5.41, 5.74) is 3.26. The Labute approximate surface area is 93.6 Å². The predicted octanol–water partition coefficient (Wildman–Crippen LogP) is 3.88. The van der Waals surface area contributed by atoms with Gasteiger partial charge in [-0.25, -0.2) is 0 Å². The van der Waals surface area contributed by atoms with E-state index in [-0.39, 0.29) is 0 Å². The minimum absolute atomic E-state index is 0.412. The molecule has 0 bridgehead atoms. The highest BCUT2D eigenvalue weighted by Gasteiger charge is 2.09. The molecule has 0 aliphatic heterocycles. The van der Waals surface area contributed by atoms with Gasteiger partial charge in [-0.1, -0.05) is 15.9 Å². The lowest BCUT2D eigenvalue weighted by atomic mass is 10.2. The number of thiophene rings is 1. The molecule has 0 spiro atoms. The minimum atomic E-state index is 0.412. The van der Waals surface area contributed by atoms with E-state index in [2.05, 4.69) is 37.7 Å². The quantitative estimate of drug-likeness (QED) is 0.774. The summed E-state index contributed by atoms with van der Waals surface area (Å²) < 4.78 is 0. The number of hydrogen-bond donors (Lipinski definition) is 0. The van der Waals surface area contributed by atoms with Gasteiger partial charge in [0.05, 0.1) is 10.3 Å². The molecule has 0 fully saturated rings. The van der Waals surface area contributed by atoms with E-state index in [1.165, 1.54) is 10.4 Å². The lowest BCUT2D eigenvalue weighted by Gasteiger charge is -2.03. The molecule has 0 aromatic carbocycles. The second-order valence-corrected chi connectivity index (χ2v) is 5.51. The van der Waals surface area contributed by atoms with Gasteiger partial charge in [0, 0.05) is 11.1 Å². The van der Waals surface area contributed by atoms with E-state index in [9.17, 15) is 0 Å². The number of alkyl halides is 1. The van der Waals surface area contributed by atoms with Crippen LogP contribution in [-0.4, -0.2) is 4.98 Å². The molecule has 0 radical (unpaired) electrons. The third kappa shape index (κ3) is 2.39. The van der Waals surface area contributed by atoms with Crippen molar-refractivity contribution in [3.05, 3.63) is 39.0 Å². The van der Waals surface area contributed by atoms with Gasteiger partial charge in [0.1, 0.15) is 0 Å². The van der Waals surface area contributed by atoms with E-state index in [1.54, 1.807) is 22.7 Å². The lowest BCUT2D eigenvalue weighted by Crippen LogP contribution is -1.90. The molecular weight excluding hydrogens is 266 g/mol. The average Bonchev–Trinajstić information content (AvgIpc) is 2.74. The van der Waals surface area contributed by atoms with Crippen LogP contribution in [0.15, 0.2) is 28.5 Å². The van der Waals surface area contributed by atoms with Crippen LogP contribution in [0, 0.1) is 0 Å². The minimum Gasteiger partial charge on any atom is -0.253 e. The van der Waals surface area contributed by atoms with Crippen LogP contribution in [0.25, 0.3) is 0 Å². The molecule has 0 aliphatic carbocycles. The second kappa shape index (κ2) is 4.35. The van der Waals surface area contributed by atoms with Gasteiger partial charge in [-0.05, 0) is 28.8 Å². The van der Waals surface area contributed by atoms with Crippen LogP contribution in [-0.2, 0) is 6.42 Å². The summed E-state index contributed by atoms with van der Waals surface area (Å²) in [5, 5.41) is 4.30. The standard InChI is InChI=1S/C9H8BrNS2/c10-8(9-4-11-6-13-9)3-7-1-2-12-5-7/h1-2,4-6,8H,3H2. The van der Waals surface area contributed by atoms with Crippen LogP contribution in [0.1, 0.15) is 15.3 Å². The Morgan fingerprint density at radius 2 is 2.46 bits per heavy atom. The SMILES string of the molecule is BrC(Cc1ccsc1)c1cncs1. The van der Waals surface area contributed by atoms with Gasteiger partial charge in [0.2, 0.25) is 0 Å². The normalized spacial score (nSPS) is 13.0. The van der Waals surface area contributed by atoms with E-state index in [1.807, 2.05) is 11.7 Å². The highest BCUT2D eigenvalue weighted by Crippen LogP contribution is 2.29. The molecule has 4 heteroatoms. The first kappa shape index (κ1) is 9.37. The summed E-state index contributed by atoms with van der Waals surface area (Å²) in [5.74, 6) is 0. The summed E-state index contributed by atoms with van der Waals surface area (Å²) >= 11 is 7.11. The first-order chi connectivity index (χ1) is 6.36. The maximum atomic E-state index is 4.06. The van der Waals surface area contributed by atoms with Gasteiger partial charge >= 0.3 is 0 Å². The molecule has 0 amide bonds. The van der Waals surface area contributed by atoms with Crippen molar-refractivity contribution in [2.75, 3.05) is 0 Å². The molecule has 2 rings (SSSR count). The maximum Gasteiger partial charge on any atom is 0.0794 e. The highest BCUT2D eigenvalue weighted by molar-refractivity contribution is 9.09. The van der Waals surface area contributed by atoms with E-state index in [0.29, 0.717) is 4.83 Å². The van der Waals surface area contributed by atoms with Gasteiger partial charge in [-0.3, -0.25) is 4.98 Å². The first-order valence-corrected chi connectivity index (χ1v) is 6.63. The van der Waals surface area contributed by atoms with Gasteiger partial charge < -0.3 is 0 Å². The van der Waals surface area contributed by atoms with E-state index in [0.717, 1.165) is 6.42 Å². The number of thiazole rings is 1. The molecule has 0 N–H and O–H groups in total. The molecule has 2 aromatic rings. The van der Waals surface area contributed by atoms with Crippen molar-refractivity contribution in [2.24, 2.45) is 0 Å². The number of hydrogen-bond acceptors (Lipinski definition) is 3. The molecule has 2 aromatic heterocycles. The third-order valence-corrected chi connectivity index (χ3v) is 4.50. The van der Waals surface area contributed by atoms with Crippen molar-refractivity contribution in [1.82, 2.24) is 4.98 Å². The van der Waals surface area contributed by atoms with E-state index < -0.39 is 0 Å². The zero-order valence-electron chi connectivity index (χ0n) is 6.81. The fourth-order valence-corrected chi connectivity index (χ4v) is 3.19. The predicted molar refractivity (Wildman–Crippen MR) is 61.8 cm³/mol. The summed E-state index contributed by atoms with van der Waals surface area (Å²) in [7, 11) is 0. The number of rotatable bonds is 3. The molecule has 68 valence electrons. The Kier molecular flexibility index (Phi) is 3.14.